The van der Waals surface area contributed by atoms with Gasteiger partial charge in [0.2, 0.25) is 5.91 Å². The van der Waals surface area contributed by atoms with E-state index in [0.29, 0.717) is 19.4 Å². The van der Waals surface area contributed by atoms with Crippen molar-refractivity contribution in [1.82, 2.24) is 10.6 Å². The van der Waals surface area contributed by atoms with Crippen molar-refractivity contribution in [1.29, 1.82) is 0 Å². The molecule has 2 aliphatic rings. The van der Waals surface area contributed by atoms with E-state index >= 15 is 0 Å². The number of aliphatic hydroxyl groups is 2. The predicted molar refractivity (Wildman–Crippen MR) is 58.8 cm³/mol. The van der Waals surface area contributed by atoms with Crippen LogP contribution in [0.1, 0.15) is 26.7 Å². The van der Waals surface area contributed by atoms with Gasteiger partial charge in [-0.25, -0.2) is 0 Å². The number of rotatable bonds is 2. The van der Waals surface area contributed by atoms with E-state index in [1.54, 1.807) is 0 Å². The molecule has 0 radical (unpaired) electrons. The largest absolute Gasteiger partial charge is 0.392 e. The Morgan fingerprint density at radius 3 is 2.50 bits per heavy atom. The zero-order valence-corrected chi connectivity index (χ0v) is 9.73. The molecule has 0 aromatic carbocycles. The van der Waals surface area contributed by atoms with Crippen molar-refractivity contribution in [2.75, 3.05) is 6.54 Å². The Hall–Kier alpha value is -0.650. The van der Waals surface area contributed by atoms with Gasteiger partial charge in [-0.15, -0.1) is 0 Å². The molecule has 16 heavy (non-hydrogen) atoms. The number of hydrogen-bond acceptors (Lipinski definition) is 4. The zero-order valence-electron chi connectivity index (χ0n) is 9.73. The fraction of sp³-hybridized carbons (Fsp3) is 0.909. The molecule has 1 saturated carbocycles. The molecule has 1 aliphatic carbocycles. The first-order chi connectivity index (χ1) is 7.41. The summed E-state index contributed by atoms with van der Waals surface area (Å²) in [6.07, 6.45) is 0.339. The number of hydrogen-bond donors (Lipinski definition) is 4. The second-order valence-corrected chi connectivity index (χ2v) is 5.48. The summed E-state index contributed by atoms with van der Waals surface area (Å²) in [5.74, 6) is -0.0680. The van der Waals surface area contributed by atoms with Crippen LogP contribution in [-0.4, -0.2) is 47.0 Å². The van der Waals surface area contributed by atoms with Crippen molar-refractivity contribution in [3.63, 3.8) is 0 Å². The third kappa shape index (κ3) is 1.95. The summed E-state index contributed by atoms with van der Waals surface area (Å²) in [7, 11) is 0. The Balaban J connectivity index is 1.85. The molecule has 2 fully saturated rings. The van der Waals surface area contributed by atoms with Gasteiger partial charge in [0.05, 0.1) is 18.2 Å². The highest BCUT2D eigenvalue weighted by atomic mass is 16.3. The third-order valence-corrected chi connectivity index (χ3v) is 3.96. The van der Waals surface area contributed by atoms with E-state index in [-0.39, 0.29) is 29.5 Å². The van der Waals surface area contributed by atoms with Gasteiger partial charge in [-0.1, -0.05) is 13.8 Å². The second kappa shape index (κ2) is 3.98. The van der Waals surface area contributed by atoms with E-state index in [1.807, 2.05) is 13.8 Å². The minimum Gasteiger partial charge on any atom is -0.392 e. The SMILES string of the molecule is CC1(C)C(O)CC1NC(=O)C1CC(O)CN1. The first-order valence-electron chi connectivity index (χ1n) is 5.81. The van der Waals surface area contributed by atoms with Gasteiger partial charge in [0, 0.05) is 18.0 Å². The van der Waals surface area contributed by atoms with E-state index < -0.39 is 6.10 Å². The van der Waals surface area contributed by atoms with Crippen LogP contribution >= 0.6 is 0 Å². The van der Waals surface area contributed by atoms with Gasteiger partial charge in [-0.2, -0.15) is 0 Å². The maximum atomic E-state index is 11.8. The maximum Gasteiger partial charge on any atom is 0.237 e. The van der Waals surface area contributed by atoms with Gasteiger partial charge in [0.25, 0.3) is 0 Å². The Labute approximate surface area is 95.2 Å². The summed E-state index contributed by atoms with van der Waals surface area (Å²) in [5.41, 5.74) is -0.243. The number of β-amino-alcohol motifs (C(OH)–C–C–N with tert-alkyl or cyclic N) is 1. The van der Waals surface area contributed by atoms with Crippen molar-refractivity contribution in [2.45, 2.75) is 51.0 Å². The lowest BCUT2D eigenvalue weighted by molar-refractivity contribution is -0.131. The number of carbonyl (C=O) groups is 1. The molecule has 0 aromatic rings. The molecule has 1 amide bonds. The molecule has 5 nitrogen and oxygen atoms in total. The molecule has 4 N–H and O–H groups in total. The summed E-state index contributed by atoms with van der Waals surface area (Å²) in [5, 5.41) is 24.8. The molecule has 4 atom stereocenters. The lowest BCUT2D eigenvalue weighted by Crippen LogP contribution is -2.62. The molecule has 0 bridgehead atoms. The first kappa shape index (κ1) is 11.8. The standard InChI is InChI=1S/C11H20N2O3/c1-11(2)8(4-9(11)15)13-10(16)7-3-6(14)5-12-7/h6-9,12,14-15H,3-5H2,1-2H3,(H,13,16). The smallest absolute Gasteiger partial charge is 0.237 e. The van der Waals surface area contributed by atoms with Gasteiger partial charge in [0.15, 0.2) is 0 Å². The van der Waals surface area contributed by atoms with Crippen LogP contribution in [0.2, 0.25) is 0 Å². The Bertz CT molecular complexity index is 293. The highest BCUT2D eigenvalue weighted by Gasteiger charge is 2.48. The lowest BCUT2D eigenvalue weighted by atomic mass is 9.64. The minimum atomic E-state index is -0.421. The topological polar surface area (TPSA) is 81.6 Å². The number of aliphatic hydroxyl groups excluding tert-OH is 2. The van der Waals surface area contributed by atoms with Crippen LogP contribution in [0.3, 0.4) is 0 Å². The molecule has 1 aliphatic heterocycles. The molecular formula is C11H20N2O3. The van der Waals surface area contributed by atoms with E-state index in [2.05, 4.69) is 10.6 Å². The summed E-state index contributed by atoms with van der Waals surface area (Å²) in [4.78, 5) is 11.8. The average molecular weight is 228 g/mol. The van der Waals surface area contributed by atoms with Crippen LogP contribution in [0, 0.1) is 5.41 Å². The summed E-state index contributed by atoms with van der Waals surface area (Å²) < 4.78 is 0. The van der Waals surface area contributed by atoms with Crippen molar-refractivity contribution >= 4 is 5.91 Å². The highest BCUT2D eigenvalue weighted by Crippen LogP contribution is 2.40. The summed E-state index contributed by atoms with van der Waals surface area (Å²) in [6, 6.07) is -0.252. The number of nitrogens with one attached hydrogen (secondary N) is 2. The molecule has 5 heteroatoms. The van der Waals surface area contributed by atoms with Gasteiger partial charge in [0.1, 0.15) is 0 Å². The lowest BCUT2D eigenvalue weighted by Gasteiger charge is -2.49. The summed E-state index contributed by atoms with van der Waals surface area (Å²) in [6.45, 7) is 4.38. The van der Waals surface area contributed by atoms with Gasteiger partial charge in [-0.3, -0.25) is 4.79 Å². The third-order valence-electron chi connectivity index (χ3n) is 3.96. The molecule has 92 valence electrons. The van der Waals surface area contributed by atoms with Crippen LogP contribution in [0.4, 0.5) is 0 Å². The minimum absolute atomic E-state index is 0.0366. The predicted octanol–water partition coefficient (Wildman–Crippen LogP) is -1.02. The maximum absolute atomic E-state index is 11.8. The summed E-state index contributed by atoms with van der Waals surface area (Å²) >= 11 is 0. The van der Waals surface area contributed by atoms with E-state index in [4.69, 9.17) is 0 Å². The molecule has 0 aromatic heterocycles. The average Bonchev–Trinajstić information content (AvgIpc) is 2.64. The van der Waals surface area contributed by atoms with Crippen LogP contribution in [0.25, 0.3) is 0 Å². The Kier molecular flexibility index (Phi) is 2.94. The number of carbonyl (C=O) groups excluding carboxylic acids is 1. The van der Waals surface area contributed by atoms with Crippen molar-refractivity contribution in [2.24, 2.45) is 5.41 Å². The molecule has 4 unspecified atom stereocenters. The number of amides is 1. The zero-order chi connectivity index (χ0) is 11.9. The second-order valence-electron chi connectivity index (χ2n) is 5.48. The van der Waals surface area contributed by atoms with Crippen LogP contribution < -0.4 is 10.6 Å². The van der Waals surface area contributed by atoms with Crippen LogP contribution in [0.5, 0.6) is 0 Å². The molecule has 1 saturated heterocycles. The molecule has 1 heterocycles. The van der Waals surface area contributed by atoms with Crippen molar-refractivity contribution in [3.05, 3.63) is 0 Å². The molecule has 2 rings (SSSR count). The first-order valence-corrected chi connectivity index (χ1v) is 5.81. The Morgan fingerprint density at radius 2 is 2.06 bits per heavy atom. The van der Waals surface area contributed by atoms with Gasteiger partial charge >= 0.3 is 0 Å². The Morgan fingerprint density at radius 1 is 1.38 bits per heavy atom. The molecular weight excluding hydrogens is 208 g/mol. The van der Waals surface area contributed by atoms with E-state index in [9.17, 15) is 15.0 Å². The fourth-order valence-electron chi connectivity index (χ4n) is 2.34. The quantitative estimate of drug-likeness (QED) is 0.488. The van der Waals surface area contributed by atoms with E-state index in [0.717, 1.165) is 0 Å². The fourth-order valence-corrected chi connectivity index (χ4v) is 2.34. The molecule has 0 spiro atoms. The van der Waals surface area contributed by atoms with Crippen LogP contribution in [0.15, 0.2) is 0 Å². The van der Waals surface area contributed by atoms with Crippen molar-refractivity contribution in [3.8, 4) is 0 Å². The highest BCUT2D eigenvalue weighted by molar-refractivity contribution is 5.82. The van der Waals surface area contributed by atoms with Gasteiger partial charge in [-0.05, 0) is 12.8 Å². The van der Waals surface area contributed by atoms with E-state index in [1.165, 1.54) is 0 Å². The van der Waals surface area contributed by atoms with Crippen molar-refractivity contribution < 1.29 is 15.0 Å². The monoisotopic (exact) mass is 228 g/mol. The van der Waals surface area contributed by atoms with Crippen LogP contribution in [-0.2, 0) is 4.79 Å². The van der Waals surface area contributed by atoms with Gasteiger partial charge < -0.3 is 20.8 Å². The normalized spacial score (nSPS) is 41.5.